The highest BCUT2D eigenvalue weighted by Gasteiger charge is 2.11. The van der Waals surface area contributed by atoms with Gasteiger partial charge in [0.2, 0.25) is 0 Å². The maximum atomic E-state index is 11.1. The van der Waals surface area contributed by atoms with E-state index in [2.05, 4.69) is 16.6 Å². The van der Waals surface area contributed by atoms with Gasteiger partial charge in [0.05, 0.1) is 17.9 Å². The summed E-state index contributed by atoms with van der Waals surface area (Å²) in [6, 6.07) is 3.07. The van der Waals surface area contributed by atoms with Crippen LogP contribution in [0, 0.1) is 18.8 Å². The molecule has 0 saturated heterocycles. The molecule has 1 aromatic carbocycles. The molecule has 3 N–H and O–H groups in total. The molecule has 0 bridgehead atoms. The third kappa shape index (κ3) is 3.25. The van der Waals surface area contributed by atoms with Crippen LogP contribution in [0.4, 0.5) is 5.69 Å². The summed E-state index contributed by atoms with van der Waals surface area (Å²) in [5.41, 5.74) is 6.71. The monoisotopic (exact) mass is 247 g/mol. The maximum Gasteiger partial charge on any atom is 0.384 e. The van der Waals surface area contributed by atoms with Crippen molar-refractivity contribution in [2.45, 2.75) is 13.8 Å². The Hall–Kier alpha value is -2.48. The van der Waals surface area contributed by atoms with E-state index in [1.165, 1.54) is 6.07 Å². The van der Waals surface area contributed by atoms with Gasteiger partial charge in [0.1, 0.15) is 0 Å². The van der Waals surface area contributed by atoms with E-state index in [-0.39, 0.29) is 17.9 Å². The molecule has 1 aromatic rings. The van der Waals surface area contributed by atoms with Crippen LogP contribution in [-0.2, 0) is 9.53 Å². The van der Waals surface area contributed by atoms with E-state index in [4.69, 9.17) is 10.8 Å². The van der Waals surface area contributed by atoms with E-state index in [1.54, 1.807) is 19.9 Å². The molecule has 94 valence electrons. The zero-order valence-corrected chi connectivity index (χ0v) is 10.1. The van der Waals surface area contributed by atoms with Gasteiger partial charge < -0.3 is 15.6 Å². The molecule has 0 amide bonds. The van der Waals surface area contributed by atoms with E-state index in [0.717, 1.165) is 0 Å². The van der Waals surface area contributed by atoms with Gasteiger partial charge in [0.25, 0.3) is 0 Å². The molecular formula is C13H13NO4. The van der Waals surface area contributed by atoms with E-state index in [1.807, 2.05) is 0 Å². The first-order valence-electron chi connectivity index (χ1n) is 5.28. The Morgan fingerprint density at radius 1 is 1.44 bits per heavy atom. The van der Waals surface area contributed by atoms with Crippen LogP contribution in [0.3, 0.4) is 0 Å². The van der Waals surface area contributed by atoms with Crippen molar-refractivity contribution in [3.05, 3.63) is 28.8 Å². The number of carbonyl (C=O) groups is 2. The Kier molecular flexibility index (Phi) is 4.33. The number of nitrogen functional groups attached to an aromatic ring is 1. The van der Waals surface area contributed by atoms with Crippen molar-refractivity contribution < 1.29 is 19.4 Å². The van der Waals surface area contributed by atoms with Gasteiger partial charge in [-0.3, -0.25) is 0 Å². The Bertz CT molecular complexity index is 552. The molecule has 0 aliphatic rings. The maximum absolute atomic E-state index is 11.1. The van der Waals surface area contributed by atoms with Crippen molar-refractivity contribution >= 4 is 17.6 Å². The van der Waals surface area contributed by atoms with Gasteiger partial charge in [-0.2, -0.15) is 0 Å². The molecule has 5 heteroatoms. The number of esters is 1. The summed E-state index contributed by atoms with van der Waals surface area (Å²) in [7, 11) is 0. The van der Waals surface area contributed by atoms with Gasteiger partial charge in [-0.15, -0.1) is 0 Å². The predicted molar refractivity (Wildman–Crippen MR) is 66.1 cm³/mol. The zero-order chi connectivity index (χ0) is 13.7. The Morgan fingerprint density at radius 3 is 2.67 bits per heavy atom. The molecule has 1 rings (SSSR count). The average Bonchev–Trinajstić information content (AvgIpc) is 2.30. The van der Waals surface area contributed by atoms with E-state index < -0.39 is 11.9 Å². The first-order chi connectivity index (χ1) is 8.45. The summed E-state index contributed by atoms with van der Waals surface area (Å²) in [6.45, 7) is 3.63. The summed E-state index contributed by atoms with van der Waals surface area (Å²) < 4.78 is 4.64. The van der Waals surface area contributed by atoms with Crippen molar-refractivity contribution in [2.24, 2.45) is 0 Å². The molecule has 0 radical (unpaired) electrons. The Balaban J connectivity index is 3.17. The number of carboxylic acid groups (broad SMARTS) is 1. The molecule has 0 aliphatic heterocycles. The molecular weight excluding hydrogens is 234 g/mol. The van der Waals surface area contributed by atoms with Crippen molar-refractivity contribution in [1.82, 2.24) is 0 Å². The SMILES string of the molecule is CCOC(=O)C#Cc1cc(C)cc(C(=O)O)c1N. The van der Waals surface area contributed by atoms with Crippen molar-refractivity contribution in [1.29, 1.82) is 0 Å². The van der Waals surface area contributed by atoms with Gasteiger partial charge in [0, 0.05) is 11.5 Å². The molecule has 0 atom stereocenters. The summed E-state index contributed by atoms with van der Waals surface area (Å²) in [5.74, 6) is 2.97. The summed E-state index contributed by atoms with van der Waals surface area (Å²) in [4.78, 5) is 22.0. The number of rotatable bonds is 2. The number of aromatic carboxylic acids is 1. The molecule has 0 unspecified atom stereocenters. The first kappa shape index (κ1) is 13.6. The van der Waals surface area contributed by atoms with Crippen LogP contribution in [0.2, 0.25) is 0 Å². The second-order valence-electron chi connectivity index (χ2n) is 3.55. The van der Waals surface area contributed by atoms with E-state index in [0.29, 0.717) is 11.1 Å². The highest BCUT2D eigenvalue weighted by Crippen LogP contribution is 2.19. The molecule has 0 heterocycles. The van der Waals surface area contributed by atoms with Crippen molar-refractivity contribution in [3.63, 3.8) is 0 Å². The van der Waals surface area contributed by atoms with Crippen LogP contribution >= 0.6 is 0 Å². The number of hydrogen-bond donors (Lipinski definition) is 2. The zero-order valence-electron chi connectivity index (χ0n) is 10.1. The standard InChI is InChI=1S/C13H13NO4/c1-3-18-11(15)5-4-9-6-8(2)7-10(12(9)14)13(16)17/h6-7H,3,14H2,1-2H3,(H,16,17). The fourth-order valence-electron chi connectivity index (χ4n) is 1.36. The van der Waals surface area contributed by atoms with Gasteiger partial charge >= 0.3 is 11.9 Å². The smallest absolute Gasteiger partial charge is 0.384 e. The molecule has 0 spiro atoms. The number of ether oxygens (including phenoxy) is 1. The summed E-state index contributed by atoms with van der Waals surface area (Å²) in [5, 5.41) is 8.96. The molecule has 0 aromatic heterocycles. The third-order valence-electron chi connectivity index (χ3n) is 2.13. The van der Waals surface area contributed by atoms with Crippen LogP contribution in [-0.4, -0.2) is 23.7 Å². The highest BCUT2D eigenvalue weighted by molar-refractivity contribution is 5.96. The molecule has 18 heavy (non-hydrogen) atoms. The highest BCUT2D eigenvalue weighted by atomic mass is 16.5. The number of carbonyl (C=O) groups excluding carboxylic acids is 1. The largest absolute Gasteiger partial charge is 0.478 e. The minimum atomic E-state index is -1.13. The number of carboxylic acids is 1. The van der Waals surface area contributed by atoms with Gasteiger partial charge in [-0.05, 0) is 31.5 Å². The fourth-order valence-corrected chi connectivity index (χ4v) is 1.36. The number of anilines is 1. The van der Waals surface area contributed by atoms with E-state index >= 15 is 0 Å². The lowest BCUT2D eigenvalue weighted by atomic mass is 10.0. The van der Waals surface area contributed by atoms with Crippen LogP contribution in [0.5, 0.6) is 0 Å². The normalized spacial score (nSPS) is 9.22. The second kappa shape index (κ2) is 5.73. The topological polar surface area (TPSA) is 89.6 Å². The first-order valence-corrected chi connectivity index (χ1v) is 5.28. The van der Waals surface area contributed by atoms with E-state index in [9.17, 15) is 9.59 Å². The minimum Gasteiger partial charge on any atom is -0.478 e. The van der Waals surface area contributed by atoms with Crippen molar-refractivity contribution in [2.75, 3.05) is 12.3 Å². The summed E-state index contributed by atoms with van der Waals surface area (Å²) in [6.07, 6.45) is 0. The van der Waals surface area contributed by atoms with Crippen LogP contribution in [0.25, 0.3) is 0 Å². The second-order valence-corrected chi connectivity index (χ2v) is 3.55. The molecule has 0 aliphatic carbocycles. The van der Waals surface area contributed by atoms with Crippen molar-refractivity contribution in [3.8, 4) is 11.8 Å². The lowest BCUT2D eigenvalue weighted by molar-refractivity contribution is -0.136. The van der Waals surface area contributed by atoms with Crippen LogP contribution in [0.15, 0.2) is 12.1 Å². The van der Waals surface area contributed by atoms with Gasteiger partial charge in [0.15, 0.2) is 0 Å². The predicted octanol–water partition coefficient (Wildman–Crippen LogP) is 1.19. The molecule has 0 saturated carbocycles. The van der Waals surface area contributed by atoms with Gasteiger partial charge in [-0.25, -0.2) is 9.59 Å². The average molecular weight is 247 g/mol. The van der Waals surface area contributed by atoms with Crippen LogP contribution in [0.1, 0.15) is 28.4 Å². The Morgan fingerprint density at radius 2 is 2.11 bits per heavy atom. The molecule has 0 fully saturated rings. The quantitative estimate of drug-likeness (QED) is 0.465. The Labute approximate surface area is 105 Å². The number of aryl methyl sites for hydroxylation is 1. The number of nitrogens with two attached hydrogens (primary N) is 1. The molecule has 5 nitrogen and oxygen atoms in total. The fraction of sp³-hybridized carbons (Fsp3) is 0.231. The van der Waals surface area contributed by atoms with Crippen LogP contribution < -0.4 is 5.73 Å². The lowest BCUT2D eigenvalue weighted by Gasteiger charge is -2.05. The number of benzene rings is 1. The minimum absolute atomic E-state index is 0.0249. The van der Waals surface area contributed by atoms with Gasteiger partial charge in [-0.1, -0.05) is 5.92 Å². The summed E-state index contributed by atoms with van der Waals surface area (Å²) >= 11 is 0. The lowest BCUT2D eigenvalue weighted by Crippen LogP contribution is -2.05. The third-order valence-corrected chi connectivity index (χ3v) is 2.13. The number of hydrogen-bond acceptors (Lipinski definition) is 4.